The van der Waals surface area contributed by atoms with Gasteiger partial charge in [-0.05, 0) is 25.8 Å². The van der Waals surface area contributed by atoms with E-state index < -0.39 is 0 Å². The Kier molecular flexibility index (Phi) is 4.24. The monoisotopic (exact) mass is 154 g/mol. The maximum Gasteiger partial charge on any atom is 0.0822 e. The van der Waals surface area contributed by atoms with Gasteiger partial charge >= 0.3 is 0 Å². The second-order valence-corrected chi connectivity index (χ2v) is 2.97. The van der Waals surface area contributed by atoms with Crippen molar-refractivity contribution in [2.24, 2.45) is 0 Å². The summed E-state index contributed by atoms with van der Waals surface area (Å²) in [5.41, 5.74) is 0. The van der Waals surface area contributed by atoms with E-state index in [-0.39, 0.29) is 6.61 Å². The predicted molar refractivity (Wildman–Crippen MR) is 45.0 cm³/mol. The third-order valence-corrected chi connectivity index (χ3v) is 2.01. The first-order valence-electron chi connectivity index (χ1n) is 4.39. The SMILES string of the molecule is [O]CCCCN1CC=CCC1. The van der Waals surface area contributed by atoms with Gasteiger partial charge in [-0.2, -0.15) is 0 Å². The molecule has 11 heavy (non-hydrogen) atoms. The molecule has 1 heterocycles. The fourth-order valence-corrected chi connectivity index (χ4v) is 1.33. The quantitative estimate of drug-likeness (QED) is 0.444. The Hall–Kier alpha value is -0.340. The first-order chi connectivity index (χ1) is 5.43. The lowest BCUT2D eigenvalue weighted by Gasteiger charge is -2.22. The normalized spacial score (nSPS) is 19.0. The lowest BCUT2D eigenvalue weighted by molar-refractivity contribution is 0.179. The Morgan fingerprint density at radius 2 is 2.18 bits per heavy atom. The molecule has 0 amide bonds. The Morgan fingerprint density at radius 1 is 1.27 bits per heavy atom. The minimum absolute atomic E-state index is 0.0870. The molecule has 63 valence electrons. The van der Waals surface area contributed by atoms with Gasteiger partial charge in [0.15, 0.2) is 0 Å². The Labute approximate surface area is 68.5 Å². The van der Waals surface area contributed by atoms with Gasteiger partial charge in [0.25, 0.3) is 0 Å². The largest absolute Gasteiger partial charge is 0.299 e. The van der Waals surface area contributed by atoms with Crippen molar-refractivity contribution >= 4 is 0 Å². The molecule has 0 aromatic rings. The van der Waals surface area contributed by atoms with E-state index in [4.69, 9.17) is 0 Å². The summed E-state index contributed by atoms with van der Waals surface area (Å²) >= 11 is 0. The third kappa shape index (κ3) is 3.54. The number of hydrogen-bond acceptors (Lipinski definition) is 1. The highest BCUT2D eigenvalue weighted by Gasteiger charge is 2.03. The van der Waals surface area contributed by atoms with E-state index in [1.165, 1.54) is 13.0 Å². The fraction of sp³-hybridized carbons (Fsp3) is 0.778. The number of nitrogens with zero attached hydrogens (tertiary/aromatic N) is 1. The van der Waals surface area contributed by atoms with Gasteiger partial charge < -0.3 is 0 Å². The van der Waals surface area contributed by atoms with Crippen molar-refractivity contribution < 1.29 is 5.11 Å². The highest BCUT2D eigenvalue weighted by molar-refractivity contribution is 4.90. The Bertz CT molecular complexity index is 123. The van der Waals surface area contributed by atoms with E-state index in [9.17, 15) is 5.11 Å². The van der Waals surface area contributed by atoms with Crippen LogP contribution < -0.4 is 0 Å². The highest BCUT2D eigenvalue weighted by Crippen LogP contribution is 2.02. The molecular formula is C9H16NO. The fourth-order valence-electron chi connectivity index (χ4n) is 1.33. The summed E-state index contributed by atoms with van der Waals surface area (Å²) in [6, 6.07) is 0. The molecule has 0 aromatic heterocycles. The van der Waals surface area contributed by atoms with Crippen LogP contribution in [0.1, 0.15) is 19.3 Å². The summed E-state index contributed by atoms with van der Waals surface area (Å²) in [5, 5.41) is 10.1. The molecule has 1 radical (unpaired) electrons. The molecule has 0 aliphatic carbocycles. The minimum Gasteiger partial charge on any atom is -0.299 e. The maximum atomic E-state index is 10.1. The molecule has 0 fully saturated rings. The standard InChI is InChI=1S/C9H16NO/c11-9-5-4-8-10-6-2-1-3-7-10/h1-2H,3-9H2. The average molecular weight is 154 g/mol. The van der Waals surface area contributed by atoms with Gasteiger partial charge in [0.05, 0.1) is 6.61 Å². The van der Waals surface area contributed by atoms with Gasteiger partial charge in [0, 0.05) is 13.1 Å². The smallest absolute Gasteiger partial charge is 0.0822 e. The topological polar surface area (TPSA) is 23.1 Å². The lowest BCUT2D eigenvalue weighted by Crippen LogP contribution is -2.28. The molecular weight excluding hydrogens is 138 g/mol. The van der Waals surface area contributed by atoms with Crippen molar-refractivity contribution in [2.75, 3.05) is 26.2 Å². The highest BCUT2D eigenvalue weighted by atomic mass is 16.2. The summed E-state index contributed by atoms with van der Waals surface area (Å²) in [6.07, 6.45) is 7.51. The van der Waals surface area contributed by atoms with Crippen molar-refractivity contribution in [3.63, 3.8) is 0 Å². The average Bonchev–Trinajstić information content (AvgIpc) is 2.07. The van der Waals surface area contributed by atoms with Gasteiger partial charge in [0.2, 0.25) is 0 Å². The van der Waals surface area contributed by atoms with E-state index >= 15 is 0 Å². The second-order valence-electron chi connectivity index (χ2n) is 2.97. The van der Waals surface area contributed by atoms with E-state index in [0.717, 1.165) is 25.9 Å². The third-order valence-electron chi connectivity index (χ3n) is 2.01. The minimum atomic E-state index is 0.0870. The molecule has 0 atom stereocenters. The van der Waals surface area contributed by atoms with E-state index in [2.05, 4.69) is 17.1 Å². The molecule has 2 nitrogen and oxygen atoms in total. The maximum absolute atomic E-state index is 10.1. The van der Waals surface area contributed by atoms with Crippen molar-refractivity contribution in [1.29, 1.82) is 0 Å². The Morgan fingerprint density at radius 3 is 2.82 bits per heavy atom. The first-order valence-corrected chi connectivity index (χ1v) is 4.39. The molecule has 0 unspecified atom stereocenters. The first kappa shape index (κ1) is 8.75. The summed E-state index contributed by atoms with van der Waals surface area (Å²) in [5.74, 6) is 0. The van der Waals surface area contributed by atoms with Crippen molar-refractivity contribution in [3.8, 4) is 0 Å². The van der Waals surface area contributed by atoms with Crippen LogP contribution in [-0.2, 0) is 5.11 Å². The summed E-state index contributed by atoms with van der Waals surface area (Å²) in [4.78, 5) is 2.40. The molecule has 0 spiro atoms. The van der Waals surface area contributed by atoms with E-state index in [0.29, 0.717) is 0 Å². The van der Waals surface area contributed by atoms with Gasteiger partial charge in [-0.3, -0.25) is 4.90 Å². The van der Waals surface area contributed by atoms with Crippen LogP contribution >= 0.6 is 0 Å². The summed E-state index contributed by atoms with van der Waals surface area (Å²) in [7, 11) is 0. The van der Waals surface area contributed by atoms with Gasteiger partial charge in [0.1, 0.15) is 0 Å². The van der Waals surface area contributed by atoms with Crippen molar-refractivity contribution in [3.05, 3.63) is 12.2 Å². The van der Waals surface area contributed by atoms with Gasteiger partial charge in [-0.1, -0.05) is 12.2 Å². The van der Waals surface area contributed by atoms with Crippen molar-refractivity contribution in [1.82, 2.24) is 4.90 Å². The molecule has 0 N–H and O–H groups in total. The number of hydrogen-bond donors (Lipinski definition) is 0. The molecule has 0 aromatic carbocycles. The Balaban J connectivity index is 2.02. The number of rotatable bonds is 4. The number of unbranched alkanes of at least 4 members (excludes halogenated alkanes) is 1. The zero-order chi connectivity index (χ0) is 7.94. The van der Waals surface area contributed by atoms with Gasteiger partial charge in [-0.15, -0.1) is 0 Å². The summed E-state index contributed by atoms with van der Waals surface area (Å²) in [6.45, 7) is 3.45. The van der Waals surface area contributed by atoms with Crippen LogP contribution in [0, 0.1) is 0 Å². The van der Waals surface area contributed by atoms with Gasteiger partial charge in [-0.25, -0.2) is 5.11 Å². The van der Waals surface area contributed by atoms with Crippen LogP contribution in [0.2, 0.25) is 0 Å². The van der Waals surface area contributed by atoms with Crippen molar-refractivity contribution in [2.45, 2.75) is 19.3 Å². The molecule has 1 aliphatic heterocycles. The van der Waals surface area contributed by atoms with Crippen LogP contribution in [0.5, 0.6) is 0 Å². The second kappa shape index (κ2) is 5.33. The zero-order valence-electron chi connectivity index (χ0n) is 6.96. The molecule has 1 rings (SSSR count). The van der Waals surface area contributed by atoms with Crippen LogP contribution in [-0.4, -0.2) is 31.1 Å². The van der Waals surface area contributed by atoms with E-state index in [1.807, 2.05) is 0 Å². The molecule has 2 heteroatoms. The predicted octanol–water partition coefficient (Wildman–Crippen LogP) is 1.46. The molecule has 1 aliphatic rings. The molecule has 0 bridgehead atoms. The molecule has 0 saturated heterocycles. The van der Waals surface area contributed by atoms with Crippen LogP contribution in [0.25, 0.3) is 0 Å². The van der Waals surface area contributed by atoms with Crippen LogP contribution in [0.4, 0.5) is 0 Å². The lowest BCUT2D eigenvalue weighted by atomic mass is 10.2. The zero-order valence-corrected chi connectivity index (χ0v) is 6.96. The van der Waals surface area contributed by atoms with E-state index in [1.54, 1.807) is 0 Å². The van der Waals surface area contributed by atoms with Crippen LogP contribution in [0.3, 0.4) is 0 Å². The molecule has 0 saturated carbocycles. The van der Waals surface area contributed by atoms with Crippen LogP contribution in [0.15, 0.2) is 12.2 Å². The summed E-state index contributed by atoms with van der Waals surface area (Å²) < 4.78 is 0.